The third-order valence-corrected chi connectivity index (χ3v) is 3.82. The Labute approximate surface area is 97.0 Å². The lowest BCUT2D eigenvalue weighted by Gasteiger charge is -2.37. The van der Waals surface area contributed by atoms with E-state index in [1.807, 2.05) is 13.0 Å². The molecule has 1 aliphatic carbocycles. The average Bonchev–Trinajstić information content (AvgIpc) is 2.16. The summed E-state index contributed by atoms with van der Waals surface area (Å²) in [4.78, 5) is 0. The topological polar surface area (TPSA) is 23.8 Å². The monoisotopic (exact) mass is 267 g/mol. The fourth-order valence-corrected chi connectivity index (χ4v) is 2.51. The van der Waals surface area contributed by atoms with E-state index in [2.05, 4.69) is 22.0 Å². The van der Waals surface area contributed by atoms with Gasteiger partial charge in [-0.1, -0.05) is 6.07 Å². The van der Waals surface area contributed by atoms with Crippen molar-refractivity contribution in [2.75, 3.05) is 0 Å². The highest BCUT2D eigenvalue weighted by Gasteiger charge is 2.42. The summed E-state index contributed by atoms with van der Waals surface area (Å²) >= 11 is 3.17. The first-order chi connectivity index (χ1) is 7.10. The van der Waals surface area contributed by atoms with E-state index in [-0.39, 0.29) is 5.82 Å². The van der Waals surface area contributed by atoms with Gasteiger partial charge in [0.2, 0.25) is 0 Å². The molecule has 0 unspecified atom stereocenters. The minimum absolute atomic E-state index is 0.267. The lowest BCUT2D eigenvalue weighted by molar-refractivity contribution is 0.311. The maximum Gasteiger partial charge on any atom is 0.142 e. The normalized spacial score (nSPS) is 18.0. The first-order valence-electron chi connectivity index (χ1n) is 4.97. The van der Waals surface area contributed by atoms with Crippen molar-refractivity contribution >= 4 is 15.9 Å². The molecule has 0 N–H and O–H groups in total. The molecule has 78 valence electrons. The van der Waals surface area contributed by atoms with Crippen LogP contribution in [0, 0.1) is 24.1 Å². The molecule has 0 radical (unpaired) electrons. The second-order valence-electron chi connectivity index (χ2n) is 4.10. The molecular formula is C12H11BrFN. The smallest absolute Gasteiger partial charge is 0.142 e. The zero-order valence-electron chi connectivity index (χ0n) is 8.48. The second-order valence-corrected chi connectivity index (χ2v) is 4.96. The highest BCUT2D eigenvalue weighted by molar-refractivity contribution is 9.10. The van der Waals surface area contributed by atoms with Gasteiger partial charge in [0.15, 0.2) is 0 Å². The molecule has 0 spiro atoms. The van der Waals surface area contributed by atoms with Gasteiger partial charge in [0.1, 0.15) is 5.82 Å². The molecule has 2 rings (SSSR count). The number of nitriles is 1. The first kappa shape index (κ1) is 10.6. The number of aryl methyl sites for hydroxylation is 1. The number of nitrogens with zero attached hydrogens (tertiary/aromatic N) is 1. The van der Waals surface area contributed by atoms with Gasteiger partial charge in [0, 0.05) is 5.56 Å². The molecule has 1 aromatic rings. The van der Waals surface area contributed by atoms with Gasteiger partial charge >= 0.3 is 0 Å². The Bertz CT molecular complexity index is 444. The fourth-order valence-electron chi connectivity index (χ4n) is 2.18. The van der Waals surface area contributed by atoms with Crippen molar-refractivity contribution in [3.8, 4) is 6.07 Å². The first-order valence-corrected chi connectivity index (χ1v) is 5.76. The highest BCUT2D eigenvalue weighted by Crippen LogP contribution is 2.46. The molecule has 0 heterocycles. The van der Waals surface area contributed by atoms with E-state index in [1.165, 1.54) is 0 Å². The SMILES string of the molecule is Cc1ccc(Br)c(F)c1C1(C#N)CCC1. The Balaban J connectivity index is 2.62. The van der Waals surface area contributed by atoms with Crippen LogP contribution in [-0.4, -0.2) is 0 Å². The van der Waals surface area contributed by atoms with Crippen LogP contribution in [0.25, 0.3) is 0 Å². The van der Waals surface area contributed by atoms with Crippen LogP contribution >= 0.6 is 15.9 Å². The Morgan fingerprint density at radius 2 is 2.13 bits per heavy atom. The van der Waals surface area contributed by atoms with Gasteiger partial charge in [-0.05, 0) is 53.7 Å². The number of halogens is 2. The summed E-state index contributed by atoms with van der Waals surface area (Å²) in [5.41, 5.74) is 0.889. The minimum atomic E-state index is -0.571. The Hall–Kier alpha value is -0.880. The summed E-state index contributed by atoms with van der Waals surface area (Å²) in [6.07, 6.45) is 2.56. The van der Waals surface area contributed by atoms with Crippen molar-refractivity contribution in [2.24, 2.45) is 0 Å². The van der Waals surface area contributed by atoms with Crippen molar-refractivity contribution in [2.45, 2.75) is 31.6 Å². The maximum absolute atomic E-state index is 14.0. The molecule has 1 aliphatic rings. The number of hydrogen-bond donors (Lipinski definition) is 0. The van der Waals surface area contributed by atoms with E-state index < -0.39 is 5.41 Å². The van der Waals surface area contributed by atoms with Crippen molar-refractivity contribution in [1.29, 1.82) is 5.26 Å². The molecule has 0 amide bonds. The van der Waals surface area contributed by atoms with Crippen molar-refractivity contribution in [3.63, 3.8) is 0 Å². The quantitative estimate of drug-likeness (QED) is 0.759. The largest absolute Gasteiger partial charge is 0.205 e. The molecule has 0 bridgehead atoms. The van der Waals surface area contributed by atoms with E-state index in [0.29, 0.717) is 10.0 Å². The molecule has 0 atom stereocenters. The summed E-state index contributed by atoms with van der Waals surface area (Å²) in [6.45, 7) is 1.86. The molecule has 1 fully saturated rings. The van der Waals surface area contributed by atoms with Gasteiger partial charge < -0.3 is 0 Å². The zero-order valence-corrected chi connectivity index (χ0v) is 10.1. The van der Waals surface area contributed by atoms with Crippen molar-refractivity contribution < 1.29 is 4.39 Å². The molecular weight excluding hydrogens is 257 g/mol. The highest BCUT2D eigenvalue weighted by atomic mass is 79.9. The minimum Gasteiger partial charge on any atom is -0.205 e. The van der Waals surface area contributed by atoms with Gasteiger partial charge in [-0.2, -0.15) is 5.26 Å². The van der Waals surface area contributed by atoms with Crippen LogP contribution in [0.1, 0.15) is 30.4 Å². The summed E-state index contributed by atoms with van der Waals surface area (Å²) in [5, 5.41) is 9.20. The van der Waals surface area contributed by atoms with Crippen LogP contribution in [0.4, 0.5) is 4.39 Å². The zero-order chi connectivity index (χ0) is 11.1. The van der Waals surface area contributed by atoms with E-state index in [4.69, 9.17) is 0 Å². The molecule has 1 nitrogen and oxygen atoms in total. The van der Waals surface area contributed by atoms with Crippen LogP contribution in [0.5, 0.6) is 0 Å². The molecule has 1 aromatic carbocycles. The Kier molecular flexibility index (Phi) is 2.56. The van der Waals surface area contributed by atoms with E-state index in [0.717, 1.165) is 24.8 Å². The molecule has 1 saturated carbocycles. The van der Waals surface area contributed by atoms with E-state index >= 15 is 0 Å². The molecule has 0 saturated heterocycles. The van der Waals surface area contributed by atoms with Crippen LogP contribution in [-0.2, 0) is 5.41 Å². The summed E-state index contributed by atoms with van der Waals surface area (Å²) < 4.78 is 14.4. The number of hydrogen-bond acceptors (Lipinski definition) is 1. The number of benzene rings is 1. The third kappa shape index (κ3) is 1.48. The summed E-state index contributed by atoms with van der Waals surface area (Å²) in [7, 11) is 0. The average molecular weight is 268 g/mol. The Morgan fingerprint density at radius 1 is 1.47 bits per heavy atom. The van der Waals surface area contributed by atoms with Crippen LogP contribution in [0.15, 0.2) is 16.6 Å². The summed E-state index contributed by atoms with van der Waals surface area (Å²) in [6, 6.07) is 5.83. The lowest BCUT2D eigenvalue weighted by atomic mass is 9.64. The van der Waals surface area contributed by atoms with Crippen LogP contribution < -0.4 is 0 Å². The molecule has 0 aromatic heterocycles. The predicted molar refractivity (Wildman–Crippen MR) is 60.0 cm³/mol. The molecule has 3 heteroatoms. The number of rotatable bonds is 1. The predicted octanol–water partition coefficient (Wildman–Crippen LogP) is 3.84. The standard InChI is InChI=1S/C12H11BrFN/c1-8-3-4-9(13)11(14)10(8)12(7-15)5-2-6-12/h3-4H,2,5-6H2,1H3. The van der Waals surface area contributed by atoms with Crippen LogP contribution in [0.2, 0.25) is 0 Å². The summed E-state index contributed by atoms with van der Waals surface area (Å²) in [5.74, 6) is -0.267. The van der Waals surface area contributed by atoms with Gasteiger partial charge in [0.25, 0.3) is 0 Å². The van der Waals surface area contributed by atoms with E-state index in [9.17, 15) is 9.65 Å². The molecule has 15 heavy (non-hydrogen) atoms. The second kappa shape index (κ2) is 3.61. The molecule has 0 aliphatic heterocycles. The van der Waals surface area contributed by atoms with E-state index in [1.54, 1.807) is 6.07 Å². The maximum atomic E-state index is 14.0. The fraction of sp³-hybridized carbons (Fsp3) is 0.417. The van der Waals surface area contributed by atoms with Gasteiger partial charge in [-0.15, -0.1) is 0 Å². The third-order valence-electron chi connectivity index (χ3n) is 3.20. The Morgan fingerprint density at radius 3 is 2.60 bits per heavy atom. The van der Waals surface area contributed by atoms with Gasteiger partial charge in [-0.3, -0.25) is 0 Å². The van der Waals surface area contributed by atoms with Crippen molar-refractivity contribution in [3.05, 3.63) is 33.5 Å². The van der Waals surface area contributed by atoms with Crippen LogP contribution in [0.3, 0.4) is 0 Å². The van der Waals surface area contributed by atoms with Gasteiger partial charge in [-0.25, -0.2) is 4.39 Å². The lowest BCUT2D eigenvalue weighted by Crippen LogP contribution is -2.34. The van der Waals surface area contributed by atoms with Gasteiger partial charge in [0.05, 0.1) is 16.0 Å². The van der Waals surface area contributed by atoms with Crippen molar-refractivity contribution in [1.82, 2.24) is 0 Å².